The summed E-state index contributed by atoms with van der Waals surface area (Å²) in [7, 11) is 1.43. The number of carbonyl (C=O) groups is 2. The number of aryl methyl sites for hydroxylation is 2. The summed E-state index contributed by atoms with van der Waals surface area (Å²) < 4.78 is 4.78. The van der Waals surface area contributed by atoms with Crippen molar-refractivity contribution in [2.75, 3.05) is 32.1 Å². The number of hydrogen-bond donors (Lipinski definition) is 2. The van der Waals surface area contributed by atoms with Crippen LogP contribution in [0.4, 0.5) is 5.69 Å². The first kappa shape index (κ1) is 16.5. The fourth-order valence-corrected chi connectivity index (χ4v) is 3.03. The Morgan fingerprint density at radius 1 is 1.23 bits per heavy atom. The molecule has 0 spiro atoms. The number of benzene rings is 1. The van der Waals surface area contributed by atoms with Gasteiger partial charge in [-0.05, 0) is 25.0 Å². The Morgan fingerprint density at radius 3 is 2.36 bits per heavy atom. The van der Waals surface area contributed by atoms with E-state index >= 15 is 0 Å². The number of para-hydroxylation sites is 1. The minimum Gasteiger partial charge on any atom is -0.469 e. The van der Waals surface area contributed by atoms with Crippen molar-refractivity contribution < 1.29 is 19.2 Å². The van der Waals surface area contributed by atoms with Crippen molar-refractivity contribution in [1.82, 2.24) is 0 Å². The Kier molecular flexibility index (Phi) is 5.55. The van der Waals surface area contributed by atoms with Crippen molar-refractivity contribution in [2.45, 2.75) is 26.7 Å². The molecule has 22 heavy (non-hydrogen) atoms. The molecule has 0 aromatic heterocycles. The molecule has 0 saturated carbocycles. The Morgan fingerprint density at radius 2 is 1.82 bits per heavy atom. The molecule has 1 aliphatic rings. The third kappa shape index (κ3) is 4.07. The van der Waals surface area contributed by atoms with Crippen LogP contribution in [-0.2, 0) is 14.3 Å². The molecule has 0 atom stereocenters. The average Bonchev–Trinajstić information content (AvgIpc) is 2.51. The summed E-state index contributed by atoms with van der Waals surface area (Å²) in [6, 6.07) is 5.98. The van der Waals surface area contributed by atoms with Gasteiger partial charge in [-0.25, -0.2) is 0 Å². The summed E-state index contributed by atoms with van der Waals surface area (Å²) >= 11 is 0. The van der Waals surface area contributed by atoms with Crippen LogP contribution in [0.5, 0.6) is 0 Å². The van der Waals surface area contributed by atoms with Crippen molar-refractivity contribution in [3.63, 3.8) is 0 Å². The number of rotatable bonds is 4. The van der Waals surface area contributed by atoms with Gasteiger partial charge >= 0.3 is 5.97 Å². The predicted molar refractivity (Wildman–Crippen MR) is 84.8 cm³/mol. The van der Waals surface area contributed by atoms with E-state index in [4.69, 9.17) is 4.74 Å². The lowest BCUT2D eigenvalue weighted by Crippen LogP contribution is -3.14. The maximum absolute atomic E-state index is 12.2. The molecule has 5 heteroatoms. The first-order chi connectivity index (χ1) is 10.5. The predicted octanol–water partition coefficient (Wildman–Crippen LogP) is 0.710. The van der Waals surface area contributed by atoms with Gasteiger partial charge in [0, 0.05) is 18.5 Å². The van der Waals surface area contributed by atoms with E-state index in [0.717, 1.165) is 42.7 Å². The second kappa shape index (κ2) is 7.40. The van der Waals surface area contributed by atoms with Crippen molar-refractivity contribution in [1.29, 1.82) is 0 Å². The zero-order chi connectivity index (χ0) is 16.1. The normalized spacial score (nSPS) is 21.2. The van der Waals surface area contributed by atoms with Crippen LogP contribution in [0.25, 0.3) is 0 Å². The fourth-order valence-electron chi connectivity index (χ4n) is 3.03. The molecule has 1 aromatic rings. The molecule has 1 heterocycles. The number of likely N-dealkylation sites (tertiary alicyclic amines) is 1. The summed E-state index contributed by atoms with van der Waals surface area (Å²) in [5.74, 6) is -0.0987. The van der Waals surface area contributed by atoms with Crippen molar-refractivity contribution >= 4 is 17.6 Å². The second-order valence-corrected chi connectivity index (χ2v) is 6.04. The number of hydrogen-bond acceptors (Lipinski definition) is 3. The third-order valence-electron chi connectivity index (χ3n) is 4.38. The molecule has 0 radical (unpaired) electrons. The standard InChI is InChI=1S/C17H24N2O3/c1-12-5-4-6-13(2)16(12)18-15(20)11-19-9-7-14(8-10-19)17(21)22-3/h4-6,14H,7-11H2,1-3H3,(H,18,20)/p+1. The minimum atomic E-state index is -0.126. The molecule has 0 aliphatic carbocycles. The topological polar surface area (TPSA) is 59.8 Å². The van der Waals surface area contributed by atoms with E-state index in [0.29, 0.717) is 6.54 Å². The first-order valence-electron chi connectivity index (χ1n) is 7.78. The fraction of sp³-hybridized carbons (Fsp3) is 0.529. The van der Waals surface area contributed by atoms with Crippen LogP contribution in [0.15, 0.2) is 18.2 Å². The molecule has 5 nitrogen and oxygen atoms in total. The number of methoxy groups -OCH3 is 1. The van der Waals surface area contributed by atoms with Gasteiger partial charge in [-0.2, -0.15) is 0 Å². The summed E-state index contributed by atoms with van der Waals surface area (Å²) in [6.45, 7) is 6.11. The Bertz CT molecular complexity index is 529. The van der Waals surface area contributed by atoms with Gasteiger partial charge in [0.1, 0.15) is 0 Å². The van der Waals surface area contributed by atoms with Gasteiger partial charge in [0.15, 0.2) is 6.54 Å². The number of piperidine rings is 1. The van der Waals surface area contributed by atoms with Gasteiger partial charge in [0.25, 0.3) is 5.91 Å². The van der Waals surface area contributed by atoms with Crippen LogP contribution < -0.4 is 10.2 Å². The van der Waals surface area contributed by atoms with Gasteiger partial charge in [0.05, 0.1) is 26.1 Å². The van der Waals surface area contributed by atoms with Crippen LogP contribution in [0.2, 0.25) is 0 Å². The van der Waals surface area contributed by atoms with Crippen LogP contribution >= 0.6 is 0 Å². The van der Waals surface area contributed by atoms with E-state index in [1.807, 2.05) is 32.0 Å². The summed E-state index contributed by atoms with van der Waals surface area (Å²) in [5, 5.41) is 3.02. The Balaban J connectivity index is 1.85. The number of esters is 1. The van der Waals surface area contributed by atoms with Crippen LogP contribution in [-0.4, -0.2) is 38.6 Å². The molecule has 1 aromatic carbocycles. The largest absolute Gasteiger partial charge is 0.469 e. The number of quaternary nitrogens is 1. The first-order valence-corrected chi connectivity index (χ1v) is 7.78. The zero-order valence-corrected chi connectivity index (χ0v) is 13.6. The molecular weight excluding hydrogens is 280 g/mol. The lowest BCUT2D eigenvalue weighted by Gasteiger charge is -2.27. The van der Waals surface area contributed by atoms with Crippen LogP contribution in [0.3, 0.4) is 0 Å². The van der Waals surface area contributed by atoms with Crippen LogP contribution in [0, 0.1) is 19.8 Å². The van der Waals surface area contributed by atoms with Crippen LogP contribution in [0.1, 0.15) is 24.0 Å². The molecule has 2 N–H and O–H groups in total. The van der Waals surface area contributed by atoms with Gasteiger partial charge in [0.2, 0.25) is 0 Å². The molecule has 120 valence electrons. The molecule has 2 rings (SSSR count). The number of anilines is 1. The maximum atomic E-state index is 12.2. The number of amides is 1. The van der Waals surface area contributed by atoms with Crippen molar-refractivity contribution in [3.8, 4) is 0 Å². The second-order valence-electron chi connectivity index (χ2n) is 6.04. The lowest BCUT2D eigenvalue weighted by molar-refractivity contribution is -0.897. The van der Waals surface area contributed by atoms with E-state index < -0.39 is 0 Å². The molecule has 1 fully saturated rings. The van der Waals surface area contributed by atoms with E-state index in [2.05, 4.69) is 5.32 Å². The van der Waals surface area contributed by atoms with E-state index in [9.17, 15) is 9.59 Å². The van der Waals surface area contributed by atoms with E-state index in [1.165, 1.54) is 12.0 Å². The third-order valence-corrected chi connectivity index (χ3v) is 4.38. The quantitative estimate of drug-likeness (QED) is 0.806. The minimum absolute atomic E-state index is 0.00424. The van der Waals surface area contributed by atoms with Gasteiger partial charge in [-0.15, -0.1) is 0 Å². The molecular formula is C17H25N2O3+. The van der Waals surface area contributed by atoms with Gasteiger partial charge in [-0.3, -0.25) is 9.59 Å². The monoisotopic (exact) mass is 305 g/mol. The number of ether oxygens (including phenoxy) is 1. The van der Waals surface area contributed by atoms with E-state index in [-0.39, 0.29) is 17.8 Å². The van der Waals surface area contributed by atoms with E-state index in [1.54, 1.807) is 0 Å². The highest BCUT2D eigenvalue weighted by Crippen LogP contribution is 2.19. The summed E-state index contributed by atoms with van der Waals surface area (Å²) in [4.78, 5) is 25.0. The number of carbonyl (C=O) groups excluding carboxylic acids is 2. The Hall–Kier alpha value is -1.88. The zero-order valence-electron chi connectivity index (χ0n) is 13.6. The van der Waals surface area contributed by atoms with Gasteiger partial charge < -0.3 is 15.0 Å². The molecule has 1 saturated heterocycles. The Labute approximate surface area is 131 Å². The number of nitrogens with one attached hydrogen (secondary N) is 2. The molecule has 0 unspecified atom stereocenters. The molecule has 1 amide bonds. The highest BCUT2D eigenvalue weighted by Gasteiger charge is 2.29. The smallest absolute Gasteiger partial charge is 0.309 e. The van der Waals surface area contributed by atoms with Gasteiger partial charge in [-0.1, -0.05) is 18.2 Å². The molecule has 1 aliphatic heterocycles. The highest BCUT2D eigenvalue weighted by atomic mass is 16.5. The SMILES string of the molecule is COC(=O)C1CC[NH+](CC(=O)Nc2c(C)cccc2C)CC1. The van der Waals surface area contributed by atoms with Crippen molar-refractivity contribution in [2.24, 2.45) is 5.92 Å². The maximum Gasteiger partial charge on any atom is 0.309 e. The highest BCUT2D eigenvalue weighted by molar-refractivity contribution is 5.93. The summed E-state index contributed by atoms with van der Waals surface area (Å²) in [5.41, 5.74) is 3.07. The lowest BCUT2D eigenvalue weighted by atomic mass is 9.97. The van der Waals surface area contributed by atoms with Crippen molar-refractivity contribution in [3.05, 3.63) is 29.3 Å². The average molecular weight is 305 g/mol. The summed E-state index contributed by atoms with van der Waals surface area (Å²) in [6.07, 6.45) is 1.58. The molecule has 0 bridgehead atoms.